The zero-order valence-corrected chi connectivity index (χ0v) is 18.8. The molecule has 7 nitrogen and oxygen atoms in total. The number of carbonyl (C=O) groups excluding carboxylic acids is 1. The van der Waals surface area contributed by atoms with E-state index in [4.69, 9.17) is 4.98 Å². The van der Waals surface area contributed by atoms with E-state index in [0.29, 0.717) is 24.0 Å². The SMILES string of the molecule is O=C(c1cnn(-c2ncc3c(n2)-c2ccccc2CCC3)c1C1CC1)N1CCCCC1CO. The fourth-order valence-electron chi connectivity index (χ4n) is 5.40. The van der Waals surface area contributed by atoms with E-state index in [1.165, 1.54) is 16.7 Å². The molecular formula is C26H29N5O2. The molecule has 1 saturated carbocycles. The van der Waals surface area contributed by atoms with E-state index < -0.39 is 0 Å². The Bertz CT molecular complexity index is 1200. The first kappa shape index (κ1) is 20.5. The standard InChI is InChI=1S/C26H29N5O2/c32-16-20-9-3-4-13-30(20)25(33)22-15-28-31(24(22)18-11-12-18)26-27-14-19-8-5-7-17-6-1-2-10-21(17)23(19)29-26/h1-2,6,10,14-15,18,20,32H,3-5,7-9,11-13,16H2. The second kappa shape index (κ2) is 8.37. The Balaban J connectivity index is 1.42. The molecule has 0 spiro atoms. The summed E-state index contributed by atoms with van der Waals surface area (Å²) < 4.78 is 1.79. The molecule has 6 rings (SSSR count). The first-order valence-electron chi connectivity index (χ1n) is 12.2. The van der Waals surface area contributed by atoms with Crippen LogP contribution in [0.25, 0.3) is 17.2 Å². The zero-order valence-electron chi connectivity index (χ0n) is 18.8. The Kier molecular flexibility index (Phi) is 5.21. The Morgan fingerprint density at radius 3 is 2.73 bits per heavy atom. The fraction of sp³-hybridized carbons (Fsp3) is 0.462. The first-order valence-corrected chi connectivity index (χ1v) is 12.2. The van der Waals surface area contributed by atoms with Gasteiger partial charge in [0.05, 0.1) is 35.8 Å². The van der Waals surface area contributed by atoms with Gasteiger partial charge in [0, 0.05) is 24.2 Å². The van der Waals surface area contributed by atoms with Crippen molar-refractivity contribution in [3.63, 3.8) is 0 Å². The van der Waals surface area contributed by atoms with Gasteiger partial charge in [0.15, 0.2) is 0 Å². The molecule has 1 aromatic carbocycles. The summed E-state index contributed by atoms with van der Waals surface area (Å²) in [5.74, 6) is 0.810. The number of benzene rings is 1. The van der Waals surface area contributed by atoms with E-state index in [1.54, 1.807) is 10.9 Å². The number of amides is 1. The summed E-state index contributed by atoms with van der Waals surface area (Å²) in [7, 11) is 0. The highest BCUT2D eigenvalue weighted by Crippen LogP contribution is 2.43. The van der Waals surface area contributed by atoms with E-state index in [9.17, 15) is 9.90 Å². The third-order valence-electron chi connectivity index (χ3n) is 7.31. The lowest BCUT2D eigenvalue weighted by molar-refractivity contribution is 0.0502. The second-order valence-corrected chi connectivity index (χ2v) is 9.51. The maximum Gasteiger partial charge on any atom is 0.257 e. The highest BCUT2D eigenvalue weighted by molar-refractivity contribution is 5.96. The number of nitrogens with zero attached hydrogens (tertiary/aromatic N) is 5. The maximum atomic E-state index is 13.5. The molecule has 1 saturated heterocycles. The summed E-state index contributed by atoms with van der Waals surface area (Å²) >= 11 is 0. The van der Waals surface area contributed by atoms with E-state index in [1.807, 2.05) is 11.1 Å². The smallest absolute Gasteiger partial charge is 0.257 e. The lowest BCUT2D eigenvalue weighted by atomic mass is 10.0. The number of aliphatic hydroxyl groups excluding tert-OH is 1. The molecule has 170 valence electrons. The van der Waals surface area contributed by atoms with Gasteiger partial charge in [-0.25, -0.2) is 14.6 Å². The van der Waals surface area contributed by atoms with Crippen molar-refractivity contribution >= 4 is 5.91 Å². The van der Waals surface area contributed by atoms with Crippen molar-refractivity contribution in [2.75, 3.05) is 13.2 Å². The Morgan fingerprint density at radius 2 is 1.88 bits per heavy atom. The number of aromatic nitrogens is 4. The van der Waals surface area contributed by atoms with Crippen LogP contribution in [0.15, 0.2) is 36.7 Å². The topological polar surface area (TPSA) is 84.1 Å². The van der Waals surface area contributed by atoms with Crippen LogP contribution in [-0.2, 0) is 12.8 Å². The molecule has 0 bridgehead atoms. The van der Waals surface area contributed by atoms with Crippen LogP contribution in [0.4, 0.5) is 0 Å². The summed E-state index contributed by atoms with van der Waals surface area (Å²) in [4.78, 5) is 25.1. The summed E-state index contributed by atoms with van der Waals surface area (Å²) in [6.45, 7) is 0.692. The number of hydrogen-bond donors (Lipinski definition) is 1. The van der Waals surface area contributed by atoms with Crippen molar-refractivity contribution < 1.29 is 9.90 Å². The second-order valence-electron chi connectivity index (χ2n) is 9.51. The van der Waals surface area contributed by atoms with Crippen LogP contribution in [0.5, 0.6) is 0 Å². The van der Waals surface area contributed by atoms with Crippen LogP contribution in [0.1, 0.15) is 71.6 Å². The van der Waals surface area contributed by atoms with Crippen molar-refractivity contribution in [3.8, 4) is 17.2 Å². The zero-order chi connectivity index (χ0) is 22.4. The van der Waals surface area contributed by atoms with Gasteiger partial charge in [-0.05, 0) is 62.5 Å². The fourth-order valence-corrected chi connectivity index (χ4v) is 5.40. The molecule has 0 radical (unpaired) electrons. The average Bonchev–Trinajstić information content (AvgIpc) is 3.64. The molecule has 7 heteroatoms. The number of rotatable bonds is 4. The summed E-state index contributed by atoms with van der Waals surface area (Å²) in [6.07, 6.45) is 11.7. The third kappa shape index (κ3) is 3.64. The molecule has 1 unspecified atom stereocenters. The van der Waals surface area contributed by atoms with Gasteiger partial charge in [0.1, 0.15) is 0 Å². The monoisotopic (exact) mass is 443 g/mol. The molecule has 1 atom stereocenters. The van der Waals surface area contributed by atoms with Crippen LogP contribution < -0.4 is 0 Å². The van der Waals surface area contributed by atoms with Crippen LogP contribution in [0.3, 0.4) is 0 Å². The van der Waals surface area contributed by atoms with Gasteiger partial charge >= 0.3 is 0 Å². The predicted octanol–water partition coefficient (Wildman–Crippen LogP) is 3.68. The molecule has 3 heterocycles. The average molecular weight is 444 g/mol. The Morgan fingerprint density at radius 1 is 1.03 bits per heavy atom. The van der Waals surface area contributed by atoms with Crippen molar-refractivity contribution in [1.82, 2.24) is 24.6 Å². The van der Waals surface area contributed by atoms with Crippen LogP contribution in [-0.4, -0.2) is 54.9 Å². The van der Waals surface area contributed by atoms with E-state index >= 15 is 0 Å². The first-order chi connectivity index (χ1) is 16.2. The van der Waals surface area contributed by atoms with Gasteiger partial charge in [-0.1, -0.05) is 24.3 Å². The van der Waals surface area contributed by atoms with Gasteiger partial charge in [0.25, 0.3) is 11.9 Å². The minimum atomic E-state index is -0.109. The lowest BCUT2D eigenvalue weighted by Gasteiger charge is -2.34. The van der Waals surface area contributed by atoms with Crippen LogP contribution in [0, 0.1) is 0 Å². The summed E-state index contributed by atoms with van der Waals surface area (Å²) in [5, 5.41) is 14.4. The van der Waals surface area contributed by atoms with Gasteiger partial charge in [-0.3, -0.25) is 4.79 Å². The summed E-state index contributed by atoms with van der Waals surface area (Å²) in [5.41, 5.74) is 6.19. The van der Waals surface area contributed by atoms with E-state index in [2.05, 4.69) is 34.3 Å². The molecule has 1 N–H and O–H groups in total. The lowest BCUT2D eigenvalue weighted by Crippen LogP contribution is -2.45. The predicted molar refractivity (Wildman–Crippen MR) is 124 cm³/mol. The molecule has 2 fully saturated rings. The minimum absolute atomic E-state index is 0.00593. The van der Waals surface area contributed by atoms with Crippen molar-refractivity contribution in [2.24, 2.45) is 0 Å². The molecule has 3 aliphatic rings. The molecule has 1 amide bonds. The van der Waals surface area contributed by atoms with Crippen molar-refractivity contribution in [1.29, 1.82) is 0 Å². The highest BCUT2D eigenvalue weighted by Gasteiger charge is 2.37. The van der Waals surface area contributed by atoms with Gasteiger partial charge < -0.3 is 10.0 Å². The number of hydrogen-bond acceptors (Lipinski definition) is 5. The van der Waals surface area contributed by atoms with Gasteiger partial charge in [-0.15, -0.1) is 0 Å². The number of fused-ring (bicyclic) bond motifs is 3. The van der Waals surface area contributed by atoms with Crippen LogP contribution >= 0.6 is 0 Å². The summed E-state index contributed by atoms with van der Waals surface area (Å²) in [6, 6.07) is 8.36. The maximum absolute atomic E-state index is 13.5. The van der Waals surface area contributed by atoms with Gasteiger partial charge in [0.2, 0.25) is 0 Å². The van der Waals surface area contributed by atoms with E-state index in [-0.39, 0.29) is 18.6 Å². The van der Waals surface area contributed by atoms with Crippen LogP contribution in [0.2, 0.25) is 0 Å². The van der Waals surface area contributed by atoms with Gasteiger partial charge in [-0.2, -0.15) is 5.10 Å². The normalized spacial score (nSPS) is 20.2. The Hall–Kier alpha value is -3.06. The third-order valence-corrected chi connectivity index (χ3v) is 7.31. The number of piperidine rings is 1. The number of likely N-dealkylation sites (tertiary alicyclic amines) is 1. The highest BCUT2D eigenvalue weighted by atomic mass is 16.3. The molecule has 2 aromatic heterocycles. The molecule has 1 aliphatic heterocycles. The quantitative estimate of drug-likeness (QED) is 0.665. The Labute approximate surface area is 193 Å². The number of carbonyl (C=O) groups is 1. The number of aliphatic hydroxyl groups is 1. The number of aryl methyl sites for hydroxylation is 2. The molecule has 33 heavy (non-hydrogen) atoms. The molecular weight excluding hydrogens is 414 g/mol. The molecule has 3 aromatic rings. The van der Waals surface area contributed by atoms with E-state index in [0.717, 1.165) is 62.8 Å². The largest absolute Gasteiger partial charge is 0.394 e. The minimum Gasteiger partial charge on any atom is -0.394 e. The molecule has 2 aliphatic carbocycles. The van der Waals surface area contributed by atoms with Crippen molar-refractivity contribution in [2.45, 2.75) is 63.3 Å². The van der Waals surface area contributed by atoms with Crippen molar-refractivity contribution in [3.05, 3.63) is 59.0 Å².